The van der Waals surface area contributed by atoms with Crippen LogP contribution in [0.15, 0.2) is 18.2 Å². The van der Waals surface area contributed by atoms with Crippen molar-refractivity contribution in [3.8, 4) is 5.75 Å². The Morgan fingerprint density at radius 3 is 2.75 bits per heavy atom. The lowest BCUT2D eigenvalue weighted by atomic mass is 10.2. The van der Waals surface area contributed by atoms with Crippen LogP contribution >= 0.6 is 11.8 Å². The first kappa shape index (κ1) is 13.0. The van der Waals surface area contributed by atoms with Crippen molar-refractivity contribution < 1.29 is 4.74 Å². The van der Waals surface area contributed by atoms with E-state index >= 15 is 0 Å². The minimum Gasteiger partial charge on any atom is -0.494 e. The van der Waals surface area contributed by atoms with Crippen molar-refractivity contribution in [2.75, 3.05) is 42.8 Å². The van der Waals surface area contributed by atoms with Crippen LogP contribution in [-0.4, -0.2) is 32.2 Å². The number of nitrogen functional groups attached to an aromatic ring is 1. The number of nitrogens with two attached hydrogens (primary N) is 1. The third-order valence-electron chi connectivity index (χ3n) is 2.30. The Morgan fingerprint density at radius 1 is 1.38 bits per heavy atom. The molecule has 3 nitrogen and oxygen atoms in total. The van der Waals surface area contributed by atoms with Crippen molar-refractivity contribution in [3.05, 3.63) is 18.2 Å². The van der Waals surface area contributed by atoms with Crippen molar-refractivity contribution in [1.82, 2.24) is 0 Å². The summed E-state index contributed by atoms with van der Waals surface area (Å²) < 4.78 is 5.47. The van der Waals surface area contributed by atoms with Crippen LogP contribution in [0.4, 0.5) is 11.4 Å². The summed E-state index contributed by atoms with van der Waals surface area (Å²) in [6.45, 7) is 3.65. The summed E-state index contributed by atoms with van der Waals surface area (Å²) in [5, 5.41) is 0. The second-order valence-electron chi connectivity index (χ2n) is 3.61. The normalized spacial score (nSPS) is 10.2. The summed E-state index contributed by atoms with van der Waals surface area (Å²) in [5.74, 6) is 1.95. The van der Waals surface area contributed by atoms with Gasteiger partial charge >= 0.3 is 0 Å². The van der Waals surface area contributed by atoms with E-state index in [2.05, 4.69) is 18.2 Å². The van der Waals surface area contributed by atoms with E-state index in [0.717, 1.165) is 29.4 Å². The van der Waals surface area contributed by atoms with Crippen LogP contribution in [0.1, 0.15) is 6.92 Å². The number of nitrogens with zero attached hydrogens (tertiary/aromatic N) is 1. The van der Waals surface area contributed by atoms with Crippen LogP contribution in [0.5, 0.6) is 5.75 Å². The van der Waals surface area contributed by atoms with Gasteiger partial charge < -0.3 is 15.4 Å². The highest BCUT2D eigenvalue weighted by molar-refractivity contribution is 7.98. The van der Waals surface area contributed by atoms with Crippen LogP contribution in [0.2, 0.25) is 0 Å². The minimum atomic E-state index is 0.664. The molecule has 90 valence electrons. The molecule has 0 amide bonds. The highest BCUT2D eigenvalue weighted by Gasteiger charge is 2.04. The highest BCUT2D eigenvalue weighted by Crippen LogP contribution is 2.25. The number of thioether (sulfide) groups is 1. The summed E-state index contributed by atoms with van der Waals surface area (Å²) in [5.41, 5.74) is 7.70. The SMILES string of the molecule is CCOc1cc(N)cc(N(C)CCSC)c1. The molecule has 0 fully saturated rings. The molecule has 2 N–H and O–H groups in total. The molecule has 4 heteroatoms. The molecule has 0 saturated carbocycles. The molecule has 0 saturated heterocycles. The lowest BCUT2D eigenvalue weighted by Gasteiger charge is -2.20. The molecule has 16 heavy (non-hydrogen) atoms. The van der Waals surface area contributed by atoms with Gasteiger partial charge in [-0.15, -0.1) is 0 Å². The second kappa shape index (κ2) is 6.53. The third-order valence-corrected chi connectivity index (χ3v) is 2.89. The zero-order chi connectivity index (χ0) is 12.0. The maximum absolute atomic E-state index is 5.84. The van der Waals surface area contributed by atoms with Crippen LogP contribution in [0.3, 0.4) is 0 Å². The number of ether oxygens (including phenoxy) is 1. The van der Waals surface area contributed by atoms with Gasteiger partial charge in [-0.05, 0) is 19.2 Å². The first-order chi connectivity index (χ1) is 7.67. The number of benzene rings is 1. The van der Waals surface area contributed by atoms with Crippen molar-refractivity contribution >= 4 is 23.1 Å². The Labute approximate surface area is 102 Å². The van der Waals surface area contributed by atoms with Gasteiger partial charge in [-0.3, -0.25) is 0 Å². The maximum Gasteiger partial charge on any atom is 0.123 e. The van der Waals surface area contributed by atoms with Gasteiger partial charge in [0.2, 0.25) is 0 Å². The topological polar surface area (TPSA) is 38.5 Å². The number of anilines is 2. The minimum absolute atomic E-state index is 0.664. The Kier molecular flexibility index (Phi) is 5.32. The quantitative estimate of drug-likeness (QED) is 0.775. The average molecular weight is 240 g/mol. The van der Waals surface area contributed by atoms with Gasteiger partial charge in [0.1, 0.15) is 5.75 Å². The Bertz CT molecular complexity index is 331. The van der Waals surface area contributed by atoms with Gasteiger partial charge in [-0.25, -0.2) is 0 Å². The molecule has 0 spiro atoms. The summed E-state index contributed by atoms with van der Waals surface area (Å²) in [6, 6.07) is 5.86. The van der Waals surface area contributed by atoms with E-state index in [4.69, 9.17) is 10.5 Å². The Morgan fingerprint density at radius 2 is 2.12 bits per heavy atom. The van der Waals surface area contributed by atoms with Gasteiger partial charge in [-0.1, -0.05) is 0 Å². The van der Waals surface area contributed by atoms with Gasteiger partial charge in [0, 0.05) is 42.9 Å². The van der Waals surface area contributed by atoms with E-state index in [1.807, 2.05) is 36.9 Å². The lowest BCUT2D eigenvalue weighted by molar-refractivity contribution is 0.340. The fourth-order valence-corrected chi connectivity index (χ4v) is 1.89. The van der Waals surface area contributed by atoms with Gasteiger partial charge in [0.25, 0.3) is 0 Å². The van der Waals surface area contributed by atoms with Crippen molar-refractivity contribution in [3.63, 3.8) is 0 Å². The molecule has 0 radical (unpaired) electrons. The lowest BCUT2D eigenvalue weighted by Crippen LogP contribution is -2.20. The zero-order valence-electron chi connectivity index (χ0n) is 10.2. The number of rotatable bonds is 6. The predicted octanol–water partition coefficient (Wildman–Crippen LogP) is 2.47. The van der Waals surface area contributed by atoms with Crippen LogP contribution in [-0.2, 0) is 0 Å². The van der Waals surface area contributed by atoms with Crippen LogP contribution in [0.25, 0.3) is 0 Å². The van der Waals surface area contributed by atoms with Crippen molar-refractivity contribution in [1.29, 1.82) is 0 Å². The molecule has 0 aromatic heterocycles. The standard InChI is InChI=1S/C12H20N2OS/c1-4-15-12-8-10(13)7-11(9-12)14(2)5-6-16-3/h7-9H,4-6,13H2,1-3H3. The fourth-order valence-electron chi connectivity index (χ4n) is 1.43. The third kappa shape index (κ3) is 3.85. The smallest absolute Gasteiger partial charge is 0.123 e. The summed E-state index contributed by atoms with van der Waals surface area (Å²) in [7, 11) is 2.07. The molecule has 0 heterocycles. The van der Waals surface area contributed by atoms with E-state index in [0.29, 0.717) is 6.61 Å². The predicted molar refractivity (Wildman–Crippen MR) is 73.7 cm³/mol. The maximum atomic E-state index is 5.84. The molecule has 1 rings (SSSR count). The van der Waals surface area contributed by atoms with E-state index < -0.39 is 0 Å². The van der Waals surface area contributed by atoms with Gasteiger partial charge in [0.05, 0.1) is 6.61 Å². The molecule has 1 aromatic carbocycles. The second-order valence-corrected chi connectivity index (χ2v) is 4.59. The molecule has 1 aromatic rings. The van der Waals surface area contributed by atoms with E-state index in [9.17, 15) is 0 Å². The summed E-state index contributed by atoms with van der Waals surface area (Å²) >= 11 is 1.84. The van der Waals surface area contributed by atoms with Crippen molar-refractivity contribution in [2.24, 2.45) is 0 Å². The Balaban J connectivity index is 2.78. The molecular formula is C12H20N2OS. The largest absolute Gasteiger partial charge is 0.494 e. The molecule has 0 aliphatic heterocycles. The van der Waals surface area contributed by atoms with Crippen LogP contribution in [0, 0.1) is 0 Å². The molecular weight excluding hydrogens is 220 g/mol. The molecule has 0 aliphatic carbocycles. The first-order valence-corrected chi connectivity index (χ1v) is 6.80. The summed E-state index contributed by atoms with van der Waals surface area (Å²) in [4.78, 5) is 2.19. The molecule has 0 bridgehead atoms. The summed E-state index contributed by atoms with van der Waals surface area (Å²) in [6.07, 6.45) is 2.11. The number of hydrogen-bond donors (Lipinski definition) is 1. The van der Waals surface area contributed by atoms with Gasteiger partial charge in [0.15, 0.2) is 0 Å². The number of hydrogen-bond acceptors (Lipinski definition) is 4. The van der Waals surface area contributed by atoms with E-state index in [1.165, 1.54) is 0 Å². The van der Waals surface area contributed by atoms with E-state index in [1.54, 1.807) is 0 Å². The molecule has 0 aliphatic rings. The van der Waals surface area contributed by atoms with Crippen LogP contribution < -0.4 is 15.4 Å². The van der Waals surface area contributed by atoms with E-state index in [-0.39, 0.29) is 0 Å². The average Bonchev–Trinajstić information content (AvgIpc) is 2.25. The molecule has 0 atom stereocenters. The Hall–Kier alpha value is -1.03. The van der Waals surface area contributed by atoms with Crippen molar-refractivity contribution in [2.45, 2.75) is 6.92 Å². The monoisotopic (exact) mass is 240 g/mol. The first-order valence-electron chi connectivity index (χ1n) is 5.40. The highest BCUT2D eigenvalue weighted by atomic mass is 32.2. The van der Waals surface area contributed by atoms with Gasteiger partial charge in [-0.2, -0.15) is 11.8 Å². The molecule has 0 unspecified atom stereocenters. The zero-order valence-corrected chi connectivity index (χ0v) is 11.0. The fraction of sp³-hybridized carbons (Fsp3) is 0.500.